The molecule has 0 unspecified atom stereocenters. The summed E-state index contributed by atoms with van der Waals surface area (Å²) >= 11 is 0. The van der Waals surface area contributed by atoms with E-state index in [1.165, 1.54) is 0 Å². The molecule has 7 aromatic carbocycles. The van der Waals surface area contributed by atoms with Crippen molar-refractivity contribution in [3.63, 3.8) is 0 Å². The number of aromatic nitrogens is 1. The molecule has 3 aromatic heterocycles. The predicted octanol–water partition coefficient (Wildman–Crippen LogP) is 12.2. The van der Waals surface area contributed by atoms with Crippen LogP contribution in [-0.2, 0) is 0 Å². The van der Waals surface area contributed by atoms with Gasteiger partial charge in [-0.3, -0.25) is 0 Å². The molecule has 47 heavy (non-hydrogen) atoms. The second-order valence-corrected chi connectivity index (χ2v) is 11.7. The van der Waals surface area contributed by atoms with Gasteiger partial charge in [0.05, 0.1) is 11.0 Å². The maximum absolute atomic E-state index is 6.74. The lowest BCUT2D eigenvalue weighted by atomic mass is 10.1. The van der Waals surface area contributed by atoms with Crippen molar-refractivity contribution in [1.82, 2.24) is 4.57 Å². The van der Waals surface area contributed by atoms with E-state index in [4.69, 9.17) is 18.3 Å². The first-order valence-corrected chi connectivity index (χ1v) is 15.6. The van der Waals surface area contributed by atoms with Crippen LogP contribution in [0.15, 0.2) is 160 Å². The minimum absolute atomic E-state index is 0.647. The summed E-state index contributed by atoms with van der Waals surface area (Å²) in [5, 5.41) is 6.56. The number of hydrogen-bond donors (Lipinski definition) is 0. The molecule has 0 aliphatic heterocycles. The molecule has 0 fully saturated rings. The van der Waals surface area contributed by atoms with Crippen LogP contribution < -0.4 is 9.47 Å². The summed E-state index contributed by atoms with van der Waals surface area (Å²) in [6.07, 6.45) is 0. The van der Waals surface area contributed by atoms with Crippen molar-refractivity contribution >= 4 is 65.7 Å². The molecule has 3 heterocycles. The number of fused-ring (bicyclic) bond motifs is 9. The highest BCUT2D eigenvalue weighted by molar-refractivity contribution is 6.10. The van der Waals surface area contributed by atoms with Crippen LogP contribution in [0.5, 0.6) is 23.0 Å². The lowest BCUT2D eigenvalue weighted by Crippen LogP contribution is -2.01. The minimum Gasteiger partial charge on any atom is -0.456 e. The van der Waals surface area contributed by atoms with E-state index in [9.17, 15) is 0 Å². The van der Waals surface area contributed by atoms with Gasteiger partial charge >= 0.3 is 0 Å². The van der Waals surface area contributed by atoms with Crippen molar-refractivity contribution in [2.75, 3.05) is 0 Å². The van der Waals surface area contributed by atoms with Crippen molar-refractivity contribution in [2.45, 2.75) is 0 Å². The van der Waals surface area contributed by atoms with Crippen molar-refractivity contribution in [3.05, 3.63) is 152 Å². The smallest absolute Gasteiger partial charge is 0.155 e. The molecule has 10 rings (SSSR count). The Hall–Kier alpha value is -6.46. The Labute approximate surface area is 268 Å². The Kier molecular flexibility index (Phi) is 5.51. The van der Waals surface area contributed by atoms with Crippen molar-refractivity contribution in [1.29, 1.82) is 0 Å². The molecular formula is C42H25NO4. The molecule has 0 amide bonds. The third-order valence-electron chi connectivity index (χ3n) is 8.92. The molecule has 0 atom stereocenters. The van der Waals surface area contributed by atoms with Gasteiger partial charge in [-0.1, -0.05) is 78.9 Å². The van der Waals surface area contributed by atoms with Gasteiger partial charge in [0.1, 0.15) is 39.5 Å². The van der Waals surface area contributed by atoms with Gasteiger partial charge in [0.25, 0.3) is 0 Å². The van der Waals surface area contributed by atoms with Gasteiger partial charge < -0.3 is 22.9 Å². The van der Waals surface area contributed by atoms with E-state index < -0.39 is 0 Å². The monoisotopic (exact) mass is 607 g/mol. The maximum atomic E-state index is 6.74. The van der Waals surface area contributed by atoms with Crippen LogP contribution in [0.1, 0.15) is 0 Å². The van der Waals surface area contributed by atoms with Gasteiger partial charge in [-0.05, 0) is 60.7 Å². The number of rotatable bonds is 5. The van der Waals surface area contributed by atoms with E-state index in [-0.39, 0.29) is 0 Å². The maximum Gasteiger partial charge on any atom is 0.155 e. The van der Waals surface area contributed by atoms with Gasteiger partial charge in [-0.2, -0.15) is 0 Å². The second-order valence-electron chi connectivity index (χ2n) is 11.7. The predicted molar refractivity (Wildman–Crippen MR) is 188 cm³/mol. The van der Waals surface area contributed by atoms with E-state index in [0.717, 1.165) is 71.4 Å². The fourth-order valence-corrected chi connectivity index (χ4v) is 6.84. The van der Waals surface area contributed by atoms with E-state index in [1.54, 1.807) is 0 Å². The molecule has 0 aliphatic rings. The molecule has 0 saturated heterocycles. The van der Waals surface area contributed by atoms with Crippen LogP contribution in [0.3, 0.4) is 0 Å². The number of nitrogens with zero attached hydrogens (tertiary/aromatic N) is 1. The molecule has 5 nitrogen and oxygen atoms in total. The molecule has 0 saturated carbocycles. The van der Waals surface area contributed by atoms with E-state index in [0.29, 0.717) is 23.0 Å². The molecule has 10 aromatic rings. The summed E-state index contributed by atoms with van der Waals surface area (Å²) in [6.45, 7) is 0. The third kappa shape index (κ3) is 4.03. The van der Waals surface area contributed by atoms with Crippen LogP contribution in [0, 0.1) is 0 Å². The molecule has 0 N–H and O–H groups in total. The molecule has 0 spiro atoms. The summed E-state index contributed by atoms with van der Waals surface area (Å²) in [5.74, 6) is 2.63. The fraction of sp³-hybridized carbons (Fsp3) is 0. The van der Waals surface area contributed by atoms with Gasteiger partial charge in [0.15, 0.2) is 11.5 Å². The van der Waals surface area contributed by atoms with E-state index in [1.807, 2.05) is 78.9 Å². The number of para-hydroxylation sites is 5. The normalized spacial score (nSPS) is 11.8. The molecule has 5 heteroatoms. The molecular weight excluding hydrogens is 582 g/mol. The molecule has 0 aliphatic carbocycles. The summed E-state index contributed by atoms with van der Waals surface area (Å²) in [5.41, 5.74) is 6.14. The topological polar surface area (TPSA) is 49.7 Å². The van der Waals surface area contributed by atoms with E-state index in [2.05, 4.69) is 77.4 Å². The molecule has 0 radical (unpaired) electrons. The van der Waals surface area contributed by atoms with Crippen LogP contribution in [0.4, 0.5) is 0 Å². The Morgan fingerprint density at radius 1 is 0.362 bits per heavy atom. The first-order valence-electron chi connectivity index (χ1n) is 15.6. The Morgan fingerprint density at radius 2 is 0.787 bits per heavy atom. The lowest BCUT2D eigenvalue weighted by molar-refractivity contribution is 0.457. The van der Waals surface area contributed by atoms with Gasteiger partial charge in [-0.25, -0.2) is 0 Å². The Bertz CT molecular complexity index is 2630. The van der Waals surface area contributed by atoms with Crippen molar-refractivity contribution in [3.8, 4) is 28.7 Å². The first-order chi connectivity index (χ1) is 23.3. The number of furan rings is 2. The van der Waals surface area contributed by atoms with Gasteiger partial charge in [-0.15, -0.1) is 0 Å². The van der Waals surface area contributed by atoms with Crippen molar-refractivity contribution in [2.24, 2.45) is 0 Å². The number of hydrogen-bond acceptors (Lipinski definition) is 4. The zero-order valence-electron chi connectivity index (χ0n) is 25.0. The first kappa shape index (κ1) is 25.8. The summed E-state index contributed by atoms with van der Waals surface area (Å²) in [6, 6.07) is 50.9. The van der Waals surface area contributed by atoms with Crippen LogP contribution in [-0.4, -0.2) is 4.57 Å². The highest BCUT2D eigenvalue weighted by Crippen LogP contribution is 2.44. The Morgan fingerprint density at radius 3 is 1.30 bits per heavy atom. The SMILES string of the molecule is c1cc(Oc2ccc3c(c2)oc2ccccc23)c(-n2c3ccccc3c3ccccc32)c(Oc2ccc3c(c2)oc2ccccc23)c1. The standard InChI is InChI=1S/C42H25NO4/c1-5-14-34-28(10-1)29-11-2-6-15-35(29)43(34)42-38(44-26-20-22-32-30-12-3-7-16-36(30)46-40(32)24-26)18-9-19-39(42)45-27-21-23-33-31-13-4-8-17-37(31)47-41(33)25-27/h1-25H. The van der Waals surface area contributed by atoms with Crippen molar-refractivity contribution < 1.29 is 18.3 Å². The average molecular weight is 608 g/mol. The van der Waals surface area contributed by atoms with Crippen LogP contribution >= 0.6 is 0 Å². The highest BCUT2D eigenvalue weighted by Gasteiger charge is 2.21. The number of benzene rings is 7. The Balaban J connectivity index is 1.17. The summed E-state index contributed by atoms with van der Waals surface area (Å²) in [7, 11) is 0. The quantitative estimate of drug-likeness (QED) is 0.195. The highest BCUT2D eigenvalue weighted by atomic mass is 16.5. The largest absolute Gasteiger partial charge is 0.456 e. The van der Waals surface area contributed by atoms with Crippen LogP contribution in [0.25, 0.3) is 71.4 Å². The van der Waals surface area contributed by atoms with Crippen LogP contribution in [0.2, 0.25) is 0 Å². The second kappa shape index (κ2) is 10.0. The summed E-state index contributed by atoms with van der Waals surface area (Å²) in [4.78, 5) is 0. The zero-order valence-corrected chi connectivity index (χ0v) is 25.0. The molecule has 222 valence electrons. The lowest BCUT2D eigenvalue weighted by Gasteiger charge is -2.18. The van der Waals surface area contributed by atoms with Gasteiger partial charge in [0, 0.05) is 44.5 Å². The average Bonchev–Trinajstić information content (AvgIpc) is 3.77. The summed E-state index contributed by atoms with van der Waals surface area (Å²) < 4.78 is 28.1. The minimum atomic E-state index is 0.647. The zero-order chi connectivity index (χ0) is 30.9. The van der Waals surface area contributed by atoms with Gasteiger partial charge in [0.2, 0.25) is 0 Å². The number of ether oxygens (including phenoxy) is 2. The molecule has 0 bridgehead atoms. The third-order valence-corrected chi connectivity index (χ3v) is 8.92. The van der Waals surface area contributed by atoms with E-state index >= 15 is 0 Å². The fourth-order valence-electron chi connectivity index (χ4n) is 6.84.